The van der Waals surface area contributed by atoms with E-state index in [0.717, 1.165) is 55.8 Å². The largest absolute Gasteiger partial charge is 0.507 e. The van der Waals surface area contributed by atoms with E-state index in [-0.39, 0.29) is 16.6 Å². The van der Waals surface area contributed by atoms with Crippen molar-refractivity contribution >= 4 is 11.0 Å². The topological polar surface area (TPSA) is 63.8 Å². The number of benzene rings is 4. The van der Waals surface area contributed by atoms with Crippen LogP contribution >= 0.6 is 0 Å². The van der Waals surface area contributed by atoms with Gasteiger partial charge in [0.05, 0.1) is 23.0 Å². The highest BCUT2D eigenvalue weighted by Crippen LogP contribution is 2.44. The van der Waals surface area contributed by atoms with Gasteiger partial charge >= 0.3 is 0 Å². The van der Waals surface area contributed by atoms with E-state index in [0.29, 0.717) is 11.4 Å². The summed E-state index contributed by atoms with van der Waals surface area (Å²) in [6.45, 7) is 19.6. The highest BCUT2D eigenvalue weighted by atomic mass is 16.3. The summed E-state index contributed by atoms with van der Waals surface area (Å²) in [7, 11) is 0. The second-order valence-electron chi connectivity index (χ2n) is 15.9. The maximum atomic E-state index is 12.1. The molecular weight excluding hydrogens is 625 g/mol. The van der Waals surface area contributed by atoms with Crippen LogP contribution in [-0.4, -0.2) is 24.6 Å². The monoisotopic (exact) mass is 670 g/mol. The van der Waals surface area contributed by atoms with Gasteiger partial charge in [-0.1, -0.05) is 89.6 Å². The Labute approximate surface area is 301 Å². The fourth-order valence-corrected chi connectivity index (χ4v) is 7.28. The molecule has 3 heterocycles. The Morgan fingerprint density at radius 2 is 1.31 bits per heavy atom. The molecule has 256 valence electrons. The van der Waals surface area contributed by atoms with Crippen molar-refractivity contribution in [2.24, 2.45) is 0 Å². The molecule has 0 atom stereocenters. The van der Waals surface area contributed by atoms with Crippen molar-refractivity contribution in [1.82, 2.24) is 19.5 Å². The number of aromatic nitrogens is 4. The summed E-state index contributed by atoms with van der Waals surface area (Å²) < 4.78 is 2.14. The van der Waals surface area contributed by atoms with E-state index in [4.69, 9.17) is 15.0 Å². The van der Waals surface area contributed by atoms with Crippen LogP contribution in [0.1, 0.15) is 69.4 Å². The van der Waals surface area contributed by atoms with Crippen molar-refractivity contribution in [1.29, 1.82) is 0 Å². The van der Waals surface area contributed by atoms with Gasteiger partial charge in [-0.05, 0) is 114 Å². The zero-order valence-electron chi connectivity index (χ0n) is 31.1. The van der Waals surface area contributed by atoms with Crippen LogP contribution in [0.15, 0.2) is 110 Å². The summed E-state index contributed by atoms with van der Waals surface area (Å²) in [6.07, 6.45) is 5.64. The predicted octanol–water partition coefficient (Wildman–Crippen LogP) is 11.7. The molecule has 4 aromatic carbocycles. The molecule has 0 aliphatic heterocycles. The summed E-state index contributed by atoms with van der Waals surface area (Å²) in [4.78, 5) is 15.0. The van der Waals surface area contributed by atoms with Crippen LogP contribution in [0, 0.1) is 20.8 Å². The molecule has 0 spiro atoms. The van der Waals surface area contributed by atoms with Gasteiger partial charge < -0.3 is 5.11 Å². The average Bonchev–Trinajstić information content (AvgIpc) is 3.47. The Hall–Kier alpha value is -5.55. The molecule has 0 bridgehead atoms. The summed E-state index contributed by atoms with van der Waals surface area (Å²) >= 11 is 0. The molecule has 0 unspecified atom stereocenters. The van der Waals surface area contributed by atoms with Gasteiger partial charge in [0.2, 0.25) is 0 Å². The number of hydrogen-bond donors (Lipinski definition) is 1. The number of para-hydroxylation sites is 1. The minimum atomic E-state index is -0.287. The lowest BCUT2D eigenvalue weighted by molar-refractivity contribution is 0.446. The van der Waals surface area contributed by atoms with Gasteiger partial charge in [0.25, 0.3) is 0 Å². The average molecular weight is 671 g/mol. The summed E-state index contributed by atoms with van der Waals surface area (Å²) in [5, 5.41) is 12.1. The Morgan fingerprint density at radius 3 is 1.96 bits per heavy atom. The van der Waals surface area contributed by atoms with E-state index in [1.807, 2.05) is 48.9 Å². The number of nitrogens with zero attached hydrogens (tertiary/aromatic N) is 4. The standard InChI is InChI=1S/C46H46N4O/c1-28-19-29(2)41(30(3)20-28)33-22-31(21-32(23-33)39-17-13-14-18-48-39)37-26-47-27-40-42(37)49-44(50(40)35-15-11-10-12-16-35)36-24-34(45(4,5)6)25-38(43(36)51)46(7,8)9/h10-27,51H,1-9H3. The molecule has 0 aliphatic carbocycles. The maximum Gasteiger partial charge on any atom is 0.149 e. The maximum absolute atomic E-state index is 12.1. The molecule has 0 aliphatic rings. The number of aromatic hydroxyl groups is 1. The highest BCUT2D eigenvalue weighted by Gasteiger charge is 2.29. The van der Waals surface area contributed by atoms with Crippen molar-refractivity contribution in [3.8, 4) is 56.3 Å². The van der Waals surface area contributed by atoms with E-state index >= 15 is 0 Å². The van der Waals surface area contributed by atoms with Crippen molar-refractivity contribution in [2.45, 2.75) is 73.1 Å². The van der Waals surface area contributed by atoms with Crippen LogP contribution in [0.2, 0.25) is 0 Å². The van der Waals surface area contributed by atoms with E-state index in [1.165, 1.54) is 22.3 Å². The molecule has 7 aromatic rings. The number of phenols is 1. The number of hydrogen-bond acceptors (Lipinski definition) is 4. The Balaban J connectivity index is 1.56. The lowest BCUT2D eigenvalue weighted by Crippen LogP contribution is -2.17. The number of rotatable bonds is 5. The smallest absolute Gasteiger partial charge is 0.149 e. The van der Waals surface area contributed by atoms with E-state index in [9.17, 15) is 5.11 Å². The van der Waals surface area contributed by atoms with Gasteiger partial charge in [-0.15, -0.1) is 0 Å². The van der Waals surface area contributed by atoms with Gasteiger partial charge in [0.1, 0.15) is 17.1 Å². The summed E-state index contributed by atoms with van der Waals surface area (Å²) in [6, 6.07) is 31.7. The number of phenolic OH excluding ortho intramolecular Hbond substituents is 1. The van der Waals surface area contributed by atoms with Gasteiger partial charge in [0, 0.05) is 34.8 Å². The molecule has 3 aromatic heterocycles. The van der Waals surface area contributed by atoms with Gasteiger partial charge in [-0.3, -0.25) is 14.5 Å². The van der Waals surface area contributed by atoms with Gasteiger partial charge in [-0.25, -0.2) is 4.98 Å². The van der Waals surface area contributed by atoms with Crippen LogP contribution in [0.4, 0.5) is 0 Å². The number of imidazole rings is 1. The fourth-order valence-electron chi connectivity index (χ4n) is 7.28. The molecule has 51 heavy (non-hydrogen) atoms. The first-order valence-electron chi connectivity index (χ1n) is 17.7. The van der Waals surface area contributed by atoms with Crippen LogP contribution in [0.5, 0.6) is 5.75 Å². The van der Waals surface area contributed by atoms with Gasteiger partial charge in [0.15, 0.2) is 0 Å². The lowest BCUT2D eigenvalue weighted by atomic mass is 9.79. The first-order chi connectivity index (χ1) is 24.2. The molecule has 5 heteroatoms. The highest BCUT2D eigenvalue weighted by molar-refractivity contribution is 5.97. The summed E-state index contributed by atoms with van der Waals surface area (Å²) in [5.74, 6) is 0.924. The molecule has 0 saturated heterocycles. The first-order valence-corrected chi connectivity index (χ1v) is 17.7. The third kappa shape index (κ3) is 6.33. The Bertz CT molecular complexity index is 2390. The van der Waals surface area contributed by atoms with Crippen LogP contribution in [-0.2, 0) is 10.8 Å². The minimum absolute atomic E-state index is 0.146. The molecule has 1 N–H and O–H groups in total. The Morgan fingerprint density at radius 1 is 0.647 bits per heavy atom. The lowest BCUT2D eigenvalue weighted by Gasteiger charge is -2.27. The minimum Gasteiger partial charge on any atom is -0.507 e. The molecule has 0 radical (unpaired) electrons. The van der Waals surface area contributed by atoms with E-state index in [1.54, 1.807) is 0 Å². The van der Waals surface area contributed by atoms with E-state index < -0.39 is 0 Å². The molecule has 7 rings (SSSR count). The molecular formula is C46H46N4O. The quantitative estimate of drug-likeness (QED) is 0.198. The van der Waals surface area contributed by atoms with Crippen molar-refractivity contribution in [2.75, 3.05) is 0 Å². The van der Waals surface area contributed by atoms with Crippen LogP contribution < -0.4 is 0 Å². The zero-order valence-corrected chi connectivity index (χ0v) is 31.1. The Kier molecular flexibility index (Phi) is 8.41. The number of aryl methyl sites for hydroxylation is 3. The van der Waals surface area contributed by atoms with E-state index in [2.05, 4.69) is 128 Å². The van der Waals surface area contributed by atoms with Gasteiger partial charge in [-0.2, -0.15) is 0 Å². The first kappa shape index (κ1) is 33.9. The second-order valence-corrected chi connectivity index (χ2v) is 15.9. The molecule has 0 amide bonds. The number of fused-ring (bicyclic) bond motifs is 1. The van der Waals surface area contributed by atoms with Crippen LogP contribution in [0.25, 0.3) is 61.6 Å². The van der Waals surface area contributed by atoms with Crippen molar-refractivity contribution in [3.63, 3.8) is 0 Å². The normalized spacial score (nSPS) is 12.1. The van der Waals surface area contributed by atoms with Crippen LogP contribution in [0.3, 0.4) is 0 Å². The van der Waals surface area contributed by atoms with Crippen molar-refractivity contribution < 1.29 is 5.11 Å². The fraction of sp³-hybridized carbons (Fsp3) is 0.239. The second kappa shape index (κ2) is 12.6. The predicted molar refractivity (Wildman–Crippen MR) is 212 cm³/mol. The molecule has 5 nitrogen and oxygen atoms in total. The zero-order chi connectivity index (χ0) is 36.2. The molecule has 0 fully saturated rings. The third-order valence-corrected chi connectivity index (χ3v) is 9.78. The summed E-state index contributed by atoms with van der Waals surface area (Å²) in [5.41, 5.74) is 14.8. The molecule has 0 saturated carbocycles. The SMILES string of the molecule is Cc1cc(C)c(-c2cc(-c3ccccn3)cc(-c3cncc4c3nc(-c3cc(C(C)(C)C)cc(C(C)(C)C)c3O)n4-c3ccccc3)c2)c(C)c1. The van der Waals surface area contributed by atoms with Crippen molar-refractivity contribution in [3.05, 3.63) is 137 Å². The number of pyridine rings is 2. The third-order valence-electron chi connectivity index (χ3n) is 9.78.